The molecule has 2 heterocycles. The molecule has 0 saturated carbocycles. The number of carbonyl (C=O) groups is 1. The van der Waals surface area contributed by atoms with Crippen LogP contribution in [0.25, 0.3) is 0 Å². The molecular formula is C18H26N6O2S. The van der Waals surface area contributed by atoms with Gasteiger partial charge in [-0.3, -0.25) is 4.79 Å². The Balaban J connectivity index is 1.32. The standard InChI is InChI=1S/C18H26N6O2S/c1-23(15-7-3-2-4-8-15)11-6-10-19-17(25)14-27-18-20-21-22-24(18)13-16-9-5-12-26-16/h2-4,7-8,16H,5-6,9-14H2,1H3,(H,19,25). The first-order chi connectivity index (χ1) is 13.2. The number of rotatable bonds is 10. The first-order valence-corrected chi connectivity index (χ1v) is 10.2. The molecule has 0 radical (unpaired) electrons. The van der Waals surface area contributed by atoms with Gasteiger partial charge in [-0.2, -0.15) is 0 Å². The minimum absolute atomic E-state index is 0.00553. The smallest absolute Gasteiger partial charge is 0.230 e. The van der Waals surface area contributed by atoms with Gasteiger partial charge in [-0.1, -0.05) is 30.0 Å². The van der Waals surface area contributed by atoms with Crippen LogP contribution in [0.1, 0.15) is 19.3 Å². The Labute approximate surface area is 163 Å². The number of anilines is 1. The highest BCUT2D eigenvalue weighted by Gasteiger charge is 2.19. The Morgan fingerprint density at radius 1 is 1.41 bits per heavy atom. The Morgan fingerprint density at radius 3 is 3.04 bits per heavy atom. The fourth-order valence-corrected chi connectivity index (χ4v) is 3.65. The first kappa shape index (κ1) is 19.6. The van der Waals surface area contributed by atoms with E-state index in [-0.39, 0.29) is 12.0 Å². The van der Waals surface area contributed by atoms with Gasteiger partial charge in [-0.25, -0.2) is 4.68 Å². The van der Waals surface area contributed by atoms with Gasteiger partial charge in [-0.05, 0) is 41.8 Å². The van der Waals surface area contributed by atoms with Crippen molar-refractivity contribution in [1.82, 2.24) is 25.5 Å². The molecule has 2 aromatic rings. The summed E-state index contributed by atoms with van der Waals surface area (Å²) in [6, 6.07) is 10.2. The zero-order valence-corrected chi connectivity index (χ0v) is 16.4. The van der Waals surface area contributed by atoms with Crippen LogP contribution in [0.2, 0.25) is 0 Å². The molecule has 9 heteroatoms. The van der Waals surface area contributed by atoms with Crippen LogP contribution in [0.5, 0.6) is 0 Å². The molecule has 1 N–H and O–H groups in total. The van der Waals surface area contributed by atoms with Crippen molar-refractivity contribution in [3.63, 3.8) is 0 Å². The number of ether oxygens (including phenoxy) is 1. The molecule has 0 bridgehead atoms. The highest BCUT2D eigenvalue weighted by Crippen LogP contribution is 2.18. The van der Waals surface area contributed by atoms with Crippen molar-refractivity contribution < 1.29 is 9.53 Å². The van der Waals surface area contributed by atoms with Crippen molar-refractivity contribution in [1.29, 1.82) is 0 Å². The van der Waals surface area contributed by atoms with Gasteiger partial charge in [0.05, 0.1) is 18.4 Å². The summed E-state index contributed by atoms with van der Waals surface area (Å²) in [5.41, 5.74) is 1.18. The molecule has 1 aliphatic rings. The highest BCUT2D eigenvalue weighted by atomic mass is 32.2. The minimum atomic E-state index is -0.00553. The second-order valence-electron chi connectivity index (χ2n) is 6.53. The molecule has 1 saturated heterocycles. The van der Waals surface area contributed by atoms with Crippen LogP contribution in [-0.2, 0) is 16.1 Å². The van der Waals surface area contributed by atoms with Gasteiger partial charge in [0.25, 0.3) is 0 Å². The summed E-state index contributed by atoms with van der Waals surface area (Å²) in [6.07, 6.45) is 3.17. The Bertz CT molecular complexity index is 705. The van der Waals surface area contributed by atoms with E-state index in [0.29, 0.717) is 24.0 Å². The normalized spacial score (nSPS) is 16.4. The van der Waals surface area contributed by atoms with Crippen LogP contribution in [0, 0.1) is 0 Å². The van der Waals surface area contributed by atoms with Gasteiger partial charge in [-0.15, -0.1) is 5.10 Å². The van der Waals surface area contributed by atoms with Gasteiger partial charge in [0.1, 0.15) is 0 Å². The number of hydrogen-bond acceptors (Lipinski definition) is 7. The maximum atomic E-state index is 12.1. The molecule has 8 nitrogen and oxygen atoms in total. The van der Waals surface area contributed by atoms with Crippen molar-refractivity contribution in [2.75, 3.05) is 37.4 Å². The number of nitrogens with one attached hydrogen (secondary N) is 1. The lowest BCUT2D eigenvalue weighted by Gasteiger charge is -2.19. The van der Waals surface area contributed by atoms with E-state index in [9.17, 15) is 4.79 Å². The third kappa shape index (κ3) is 6.21. The number of amides is 1. The molecule has 0 spiro atoms. The molecule has 1 atom stereocenters. The second kappa shape index (κ2) is 10.3. The quantitative estimate of drug-likeness (QED) is 0.487. The van der Waals surface area contributed by atoms with Crippen LogP contribution in [-0.4, -0.2) is 64.7 Å². The van der Waals surface area contributed by atoms with E-state index in [1.54, 1.807) is 4.68 Å². The Kier molecular flexibility index (Phi) is 7.46. The summed E-state index contributed by atoms with van der Waals surface area (Å²) in [6.45, 7) is 2.98. The van der Waals surface area contributed by atoms with Gasteiger partial charge in [0.2, 0.25) is 11.1 Å². The maximum Gasteiger partial charge on any atom is 0.230 e. The van der Waals surface area contributed by atoms with Crippen molar-refractivity contribution >= 4 is 23.4 Å². The highest BCUT2D eigenvalue weighted by molar-refractivity contribution is 7.99. The zero-order valence-electron chi connectivity index (χ0n) is 15.6. The lowest BCUT2D eigenvalue weighted by atomic mass is 10.2. The number of nitrogens with zero attached hydrogens (tertiary/aromatic N) is 5. The third-order valence-electron chi connectivity index (χ3n) is 4.42. The molecule has 146 valence electrons. The largest absolute Gasteiger partial charge is 0.376 e. The molecule has 1 aliphatic heterocycles. The lowest BCUT2D eigenvalue weighted by molar-refractivity contribution is -0.118. The van der Waals surface area contributed by atoms with Gasteiger partial charge < -0.3 is 15.0 Å². The monoisotopic (exact) mass is 390 g/mol. The average Bonchev–Trinajstić information content (AvgIpc) is 3.36. The minimum Gasteiger partial charge on any atom is -0.376 e. The fraction of sp³-hybridized carbons (Fsp3) is 0.556. The molecule has 27 heavy (non-hydrogen) atoms. The number of thioether (sulfide) groups is 1. The van der Waals surface area contributed by atoms with Crippen LogP contribution in [0.3, 0.4) is 0 Å². The number of tetrazole rings is 1. The predicted molar refractivity (Wildman–Crippen MR) is 105 cm³/mol. The summed E-state index contributed by atoms with van der Waals surface area (Å²) in [5, 5.41) is 15.3. The van der Waals surface area contributed by atoms with Crippen molar-refractivity contribution in [2.45, 2.75) is 37.1 Å². The average molecular weight is 391 g/mol. The van der Waals surface area contributed by atoms with Gasteiger partial charge in [0.15, 0.2) is 0 Å². The number of carbonyl (C=O) groups excluding carboxylic acids is 1. The van der Waals surface area contributed by atoms with Gasteiger partial charge in [0, 0.05) is 32.4 Å². The van der Waals surface area contributed by atoms with Crippen molar-refractivity contribution in [3.05, 3.63) is 30.3 Å². The molecule has 0 aliphatic carbocycles. The third-order valence-corrected chi connectivity index (χ3v) is 5.38. The Hall–Kier alpha value is -2.13. The van der Waals surface area contributed by atoms with Crippen LogP contribution in [0.4, 0.5) is 5.69 Å². The predicted octanol–water partition coefficient (Wildman–Crippen LogP) is 1.59. The van der Waals surface area contributed by atoms with Gasteiger partial charge >= 0.3 is 0 Å². The van der Waals surface area contributed by atoms with E-state index in [4.69, 9.17) is 4.74 Å². The molecule has 1 aromatic heterocycles. The second-order valence-corrected chi connectivity index (χ2v) is 7.47. The van der Waals surface area contributed by atoms with Crippen LogP contribution >= 0.6 is 11.8 Å². The molecule has 1 aromatic carbocycles. The summed E-state index contributed by atoms with van der Waals surface area (Å²) < 4.78 is 7.34. The van der Waals surface area contributed by atoms with E-state index in [2.05, 4.69) is 44.9 Å². The van der Waals surface area contributed by atoms with E-state index in [1.165, 1.54) is 17.4 Å². The first-order valence-electron chi connectivity index (χ1n) is 9.26. The lowest BCUT2D eigenvalue weighted by Crippen LogP contribution is -2.29. The molecule has 1 fully saturated rings. The molecule has 3 rings (SSSR count). The summed E-state index contributed by atoms with van der Waals surface area (Å²) in [4.78, 5) is 14.2. The molecular weight excluding hydrogens is 364 g/mol. The topological polar surface area (TPSA) is 85.2 Å². The van der Waals surface area contributed by atoms with E-state index >= 15 is 0 Å². The summed E-state index contributed by atoms with van der Waals surface area (Å²) >= 11 is 1.36. The van der Waals surface area contributed by atoms with Crippen LogP contribution < -0.4 is 10.2 Å². The molecule has 1 amide bonds. The van der Waals surface area contributed by atoms with E-state index < -0.39 is 0 Å². The number of para-hydroxylation sites is 1. The number of aromatic nitrogens is 4. The van der Waals surface area contributed by atoms with E-state index in [1.807, 2.05) is 18.2 Å². The van der Waals surface area contributed by atoms with E-state index in [0.717, 1.165) is 32.4 Å². The maximum absolute atomic E-state index is 12.1. The van der Waals surface area contributed by atoms with Crippen LogP contribution in [0.15, 0.2) is 35.5 Å². The molecule has 1 unspecified atom stereocenters. The van der Waals surface area contributed by atoms with Crippen molar-refractivity contribution in [3.8, 4) is 0 Å². The SMILES string of the molecule is CN(CCCNC(=O)CSc1nnnn1CC1CCCO1)c1ccccc1. The fourth-order valence-electron chi connectivity index (χ4n) is 2.93. The Morgan fingerprint density at radius 2 is 2.26 bits per heavy atom. The van der Waals surface area contributed by atoms with Crippen molar-refractivity contribution in [2.24, 2.45) is 0 Å². The number of benzene rings is 1. The summed E-state index contributed by atoms with van der Waals surface area (Å²) in [5.74, 6) is 0.300. The summed E-state index contributed by atoms with van der Waals surface area (Å²) in [7, 11) is 2.06. The zero-order chi connectivity index (χ0) is 18.9. The number of hydrogen-bond donors (Lipinski definition) is 1.